The van der Waals surface area contributed by atoms with Gasteiger partial charge in [-0.2, -0.15) is 0 Å². The Hall–Kier alpha value is -4.13. The lowest BCUT2D eigenvalue weighted by Gasteiger charge is -2.25. The number of fused-ring (bicyclic) bond motifs is 1. The molecule has 0 aliphatic heterocycles. The van der Waals surface area contributed by atoms with Crippen LogP contribution in [0.1, 0.15) is 45.6 Å². The van der Waals surface area contributed by atoms with Crippen molar-refractivity contribution >= 4 is 40.6 Å². The van der Waals surface area contributed by atoms with Gasteiger partial charge in [0.05, 0.1) is 6.04 Å². The fourth-order valence-corrected chi connectivity index (χ4v) is 4.04. The number of H-pyrrole nitrogens is 1. The van der Waals surface area contributed by atoms with Crippen molar-refractivity contribution in [3.63, 3.8) is 0 Å². The summed E-state index contributed by atoms with van der Waals surface area (Å²) in [4.78, 5) is 57.9. The molecule has 1 aromatic heterocycles. The normalized spacial score (nSPS) is 14.2. The molecule has 0 fully saturated rings. The van der Waals surface area contributed by atoms with Gasteiger partial charge in [0.15, 0.2) is 5.96 Å². The van der Waals surface area contributed by atoms with Crippen LogP contribution in [-0.4, -0.2) is 70.5 Å². The Morgan fingerprint density at radius 1 is 0.949 bits per heavy atom. The molecule has 0 aliphatic carbocycles. The number of hydrogen-bond donors (Lipinski definition) is 8. The SMILES string of the molecule is CC(C)CC(NC(=O)C(Cc1c[nH]c2ccccc12)NC(=O)C(CCCN=C(N)N)NC(=O)C(C)N)C(=O)O. The number of benzene rings is 1. The number of hydrogen-bond acceptors (Lipinski definition) is 6. The lowest BCUT2D eigenvalue weighted by atomic mass is 10.0. The Balaban J connectivity index is 2.31. The Morgan fingerprint density at radius 2 is 1.56 bits per heavy atom. The number of nitrogens with two attached hydrogens (primary N) is 3. The maximum atomic E-state index is 13.4. The van der Waals surface area contributed by atoms with Crippen LogP contribution in [0.3, 0.4) is 0 Å². The minimum absolute atomic E-state index is 0.0103. The lowest BCUT2D eigenvalue weighted by molar-refractivity contribution is -0.142. The maximum absolute atomic E-state index is 13.4. The van der Waals surface area contributed by atoms with E-state index in [-0.39, 0.29) is 37.7 Å². The van der Waals surface area contributed by atoms with Gasteiger partial charge in [-0.25, -0.2) is 4.79 Å². The molecular formula is C26H40N8O5. The number of amides is 3. The first-order valence-electron chi connectivity index (χ1n) is 12.9. The molecule has 0 radical (unpaired) electrons. The Kier molecular flexibility index (Phi) is 11.7. The number of aromatic nitrogens is 1. The third-order valence-electron chi connectivity index (χ3n) is 6.05. The quantitative estimate of drug-likeness (QED) is 0.0840. The zero-order valence-electron chi connectivity index (χ0n) is 22.6. The van der Waals surface area contributed by atoms with Crippen LogP contribution in [0.4, 0.5) is 0 Å². The van der Waals surface area contributed by atoms with Crippen molar-refractivity contribution in [1.82, 2.24) is 20.9 Å². The smallest absolute Gasteiger partial charge is 0.326 e. The molecule has 4 atom stereocenters. The van der Waals surface area contributed by atoms with E-state index in [2.05, 4.69) is 25.9 Å². The maximum Gasteiger partial charge on any atom is 0.326 e. The summed E-state index contributed by atoms with van der Waals surface area (Å²) in [6.45, 7) is 5.41. The minimum Gasteiger partial charge on any atom is -0.480 e. The number of nitrogens with zero attached hydrogens (tertiary/aromatic N) is 1. The molecule has 4 unspecified atom stereocenters. The topological polar surface area (TPSA) is 231 Å². The molecule has 0 bridgehead atoms. The van der Waals surface area contributed by atoms with Crippen LogP contribution in [0.25, 0.3) is 10.9 Å². The van der Waals surface area contributed by atoms with Gasteiger partial charge in [-0.05, 0) is 43.7 Å². The Bertz CT molecular complexity index is 1170. The second-order valence-corrected chi connectivity index (χ2v) is 9.95. The van der Waals surface area contributed by atoms with Gasteiger partial charge in [0.2, 0.25) is 17.7 Å². The highest BCUT2D eigenvalue weighted by molar-refractivity contribution is 5.94. The van der Waals surface area contributed by atoms with E-state index in [1.54, 1.807) is 6.20 Å². The van der Waals surface area contributed by atoms with E-state index >= 15 is 0 Å². The van der Waals surface area contributed by atoms with Crippen LogP contribution < -0.4 is 33.2 Å². The zero-order valence-corrected chi connectivity index (χ0v) is 22.6. The fraction of sp³-hybridized carbons (Fsp3) is 0.500. The molecule has 1 heterocycles. The summed E-state index contributed by atoms with van der Waals surface area (Å²) in [5.41, 5.74) is 18.0. The number of guanidine groups is 1. The monoisotopic (exact) mass is 544 g/mol. The molecule has 1 aromatic carbocycles. The van der Waals surface area contributed by atoms with Gasteiger partial charge in [0.1, 0.15) is 18.1 Å². The fourth-order valence-electron chi connectivity index (χ4n) is 4.04. The van der Waals surface area contributed by atoms with E-state index in [1.807, 2.05) is 38.1 Å². The minimum atomic E-state index is -1.17. The van der Waals surface area contributed by atoms with Crippen LogP contribution in [-0.2, 0) is 25.6 Å². The van der Waals surface area contributed by atoms with Gasteiger partial charge in [0, 0.05) is 30.1 Å². The second-order valence-electron chi connectivity index (χ2n) is 9.95. The van der Waals surface area contributed by atoms with Gasteiger partial charge < -0.3 is 43.2 Å². The first kappa shape index (κ1) is 31.1. The van der Waals surface area contributed by atoms with E-state index in [0.29, 0.717) is 6.42 Å². The predicted octanol–water partition coefficient (Wildman–Crippen LogP) is -0.304. The molecular weight excluding hydrogens is 504 g/mol. The molecule has 0 aliphatic rings. The van der Waals surface area contributed by atoms with Crippen molar-refractivity contribution in [2.24, 2.45) is 28.1 Å². The highest BCUT2D eigenvalue weighted by atomic mass is 16.4. The third kappa shape index (κ3) is 9.93. The number of rotatable bonds is 15. The lowest BCUT2D eigenvalue weighted by Crippen LogP contribution is -2.57. The van der Waals surface area contributed by atoms with Crippen molar-refractivity contribution in [3.05, 3.63) is 36.0 Å². The standard InChI is InChI=1S/C26H40N8O5/c1-14(2)11-21(25(38)39)34-24(37)20(12-16-13-31-18-8-5-4-7-17(16)18)33-23(36)19(32-22(35)15(3)27)9-6-10-30-26(28)29/h4-5,7-8,13-15,19-21,31H,6,9-12,27H2,1-3H3,(H,32,35)(H,33,36)(H,34,37)(H,38,39)(H4,28,29,30). The molecule has 2 rings (SSSR count). The van der Waals surface area contributed by atoms with E-state index in [4.69, 9.17) is 17.2 Å². The van der Waals surface area contributed by atoms with E-state index in [0.717, 1.165) is 16.5 Å². The molecule has 214 valence electrons. The van der Waals surface area contributed by atoms with Gasteiger partial charge in [-0.1, -0.05) is 32.0 Å². The summed E-state index contributed by atoms with van der Waals surface area (Å²) >= 11 is 0. The van der Waals surface area contributed by atoms with Crippen LogP contribution in [0.5, 0.6) is 0 Å². The van der Waals surface area contributed by atoms with Gasteiger partial charge >= 0.3 is 5.97 Å². The first-order chi connectivity index (χ1) is 18.4. The van der Waals surface area contributed by atoms with Gasteiger partial charge in [-0.3, -0.25) is 19.4 Å². The Morgan fingerprint density at radius 3 is 2.18 bits per heavy atom. The highest BCUT2D eigenvalue weighted by Crippen LogP contribution is 2.19. The van der Waals surface area contributed by atoms with Crippen LogP contribution in [0.15, 0.2) is 35.5 Å². The molecule has 11 N–H and O–H groups in total. The molecule has 39 heavy (non-hydrogen) atoms. The number of aliphatic carboxylic acids is 1. The van der Waals surface area contributed by atoms with E-state index in [9.17, 15) is 24.3 Å². The number of carbonyl (C=O) groups is 4. The second kappa shape index (κ2) is 14.7. The first-order valence-corrected chi connectivity index (χ1v) is 12.9. The van der Waals surface area contributed by atoms with Crippen LogP contribution in [0, 0.1) is 5.92 Å². The summed E-state index contributed by atoms with van der Waals surface area (Å²) in [6.07, 6.45) is 2.58. The molecule has 13 nitrogen and oxygen atoms in total. The summed E-state index contributed by atoms with van der Waals surface area (Å²) in [5, 5.41) is 18.4. The zero-order chi connectivity index (χ0) is 29.1. The average molecular weight is 545 g/mol. The molecule has 13 heteroatoms. The molecule has 0 spiro atoms. The van der Waals surface area contributed by atoms with E-state index in [1.165, 1.54) is 6.92 Å². The highest BCUT2D eigenvalue weighted by Gasteiger charge is 2.30. The number of para-hydroxylation sites is 1. The summed E-state index contributed by atoms with van der Waals surface area (Å²) in [5.74, 6) is -3.08. The molecule has 0 saturated heterocycles. The third-order valence-corrected chi connectivity index (χ3v) is 6.05. The van der Waals surface area contributed by atoms with Gasteiger partial charge in [0.25, 0.3) is 0 Å². The number of carboxylic acids is 1. The number of aromatic amines is 1. The van der Waals surface area contributed by atoms with Crippen molar-refractivity contribution in [1.29, 1.82) is 0 Å². The van der Waals surface area contributed by atoms with Crippen molar-refractivity contribution in [3.8, 4) is 0 Å². The number of carboxylic acid groups (broad SMARTS) is 1. The number of nitrogens with one attached hydrogen (secondary N) is 4. The summed E-state index contributed by atoms with van der Waals surface area (Å²) < 4.78 is 0. The van der Waals surface area contributed by atoms with Crippen molar-refractivity contribution in [2.75, 3.05) is 6.54 Å². The summed E-state index contributed by atoms with van der Waals surface area (Å²) in [6, 6.07) is 3.33. The van der Waals surface area contributed by atoms with E-state index < -0.39 is 47.9 Å². The molecule has 0 saturated carbocycles. The number of carbonyl (C=O) groups excluding carboxylic acids is 3. The Labute approximate surface area is 227 Å². The summed E-state index contributed by atoms with van der Waals surface area (Å²) in [7, 11) is 0. The van der Waals surface area contributed by atoms with Crippen molar-refractivity contribution < 1.29 is 24.3 Å². The molecule has 3 amide bonds. The average Bonchev–Trinajstić information content (AvgIpc) is 3.27. The van der Waals surface area contributed by atoms with Gasteiger partial charge in [-0.15, -0.1) is 0 Å². The van der Waals surface area contributed by atoms with Crippen LogP contribution in [0.2, 0.25) is 0 Å². The largest absolute Gasteiger partial charge is 0.480 e. The molecule has 2 aromatic rings. The predicted molar refractivity (Wildman–Crippen MR) is 148 cm³/mol. The number of aliphatic imine (C=N–C) groups is 1. The van der Waals surface area contributed by atoms with Crippen LogP contribution >= 0.6 is 0 Å². The van der Waals surface area contributed by atoms with Crippen molar-refractivity contribution in [2.45, 2.75) is 70.6 Å².